The number of aliphatic imine (C=N–C) groups is 2. The first-order chi connectivity index (χ1) is 8.83. The van der Waals surface area contributed by atoms with Gasteiger partial charge in [0.1, 0.15) is 12.4 Å². The van der Waals surface area contributed by atoms with Crippen molar-refractivity contribution in [1.82, 2.24) is 10.6 Å². The van der Waals surface area contributed by atoms with Gasteiger partial charge in [0.15, 0.2) is 5.84 Å². The molecule has 0 saturated carbocycles. The van der Waals surface area contributed by atoms with E-state index in [2.05, 4.69) is 20.6 Å². The van der Waals surface area contributed by atoms with Crippen LogP contribution in [0.5, 0.6) is 0 Å². The normalized spacial score (nSPS) is 29.0. The van der Waals surface area contributed by atoms with Gasteiger partial charge in [-0.15, -0.1) is 0 Å². The van der Waals surface area contributed by atoms with Crippen LogP contribution in [0.25, 0.3) is 0 Å². The van der Waals surface area contributed by atoms with Crippen molar-refractivity contribution < 1.29 is 4.92 Å². The van der Waals surface area contributed by atoms with Gasteiger partial charge >= 0.3 is 5.66 Å². The molecule has 0 aromatic carbocycles. The summed E-state index contributed by atoms with van der Waals surface area (Å²) >= 11 is 0. The minimum absolute atomic E-state index is 0.0590. The van der Waals surface area contributed by atoms with Gasteiger partial charge in [-0.3, -0.25) is 20.1 Å². The van der Waals surface area contributed by atoms with E-state index in [9.17, 15) is 10.1 Å². The minimum atomic E-state index is -1.55. The van der Waals surface area contributed by atoms with Crippen molar-refractivity contribution in [3.05, 3.63) is 10.1 Å². The summed E-state index contributed by atoms with van der Waals surface area (Å²) in [5.74, 6) is 0.574. The summed E-state index contributed by atoms with van der Waals surface area (Å²) in [5, 5.41) is 17.5. The van der Waals surface area contributed by atoms with Crippen molar-refractivity contribution in [3.63, 3.8) is 0 Å². The summed E-state index contributed by atoms with van der Waals surface area (Å²) in [4.78, 5) is 19.6. The average Bonchev–Trinajstić information content (AvgIpc) is 2.30. The summed E-state index contributed by atoms with van der Waals surface area (Å²) in [6, 6.07) is -0.0590. The summed E-state index contributed by atoms with van der Waals surface area (Å²) in [5.41, 5.74) is -1.55. The van der Waals surface area contributed by atoms with Crippen LogP contribution in [0, 0.1) is 16.0 Å². The van der Waals surface area contributed by atoms with E-state index in [-0.39, 0.29) is 23.0 Å². The highest BCUT2D eigenvalue weighted by molar-refractivity contribution is 6.06. The lowest BCUT2D eigenvalue weighted by Gasteiger charge is -2.33. The third kappa shape index (κ3) is 3.28. The maximum atomic E-state index is 11.5. The van der Waals surface area contributed by atoms with Gasteiger partial charge in [-0.2, -0.15) is 0 Å². The van der Waals surface area contributed by atoms with Gasteiger partial charge in [0.25, 0.3) is 0 Å². The maximum Gasteiger partial charge on any atom is 0.367 e. The molecule has 2 unspecified atom stereocenters. The SMILES string of the molecule is CCN=C1NC(C(C)C)N=CC1(NC(C)C)[N+](=O)[O-]. The van der Waals surface area contributed by atoms with Gasteiger partial charge < -0.3 is 5.32 Å². The van der Waals surface area contributed by atoms with Crippen molar-refractivity contribution in [3.8, 4) is 0 Å². The van der Waals surface area contributed by atoms with Gasteiger partial charge in [0, 0.05) is 12.6 Å². The van der Waals surface area contributed by atoms with Crippen LogP contribution in [0.15, 0.2) is 9.98 Å². The fourth-order valence-corrected chi connectivity index (χ4v) is 1.93. The summed E-state index contributed by atoms with van der Waals surface area (Å²) in [7, 11) is 0. The molecule has 1 aliphatic rings. The van der Waals surface area contributed by atoms with Crippen LogP contribution >= 0.6 is 0 Å². The molecule has 0 amide bonds. The fraction of sp³-hybridized carbons (Fsp3) is 0.833. The van der Waals surface area contributed by atoms with Crippen LogP contribution in [-0.4, -0.2) is 41.4 Å². The Labute approximate surface area is 113 Å². The zero-order valence-corrected chi connectivity index (χ0v) is 12.2. The predicted octanol–water partition coefficient (Wildman–Crippen LogP) is 1.03. The molecule has 0 spiro atoms. The molecule has 0 bridgehead atoms. The number of amidine groups is 1. The van der Waals surface area contributed by atoms with E-state index >= 15 is 0 Å². The van der Waals surface area contributed by atoms with E-state index < -0.39 is 5.66 Å². The highest BCUT2D eigenvalue weighted by Crippen LogP contribution is 2.16. The number of hydrogen-bond acceptors (Lipinski definition) is 5. The second-order valence-electron chi connectivity index (χ2n) is 5.26. The quantitative estimate of drug-likeness (QED) is 0.443. The molecule has 7 nitrogen and oxygen atoms in total. The highest BCUT2D eigenvalue weighted by Gasteiger charge is 2.50. The first-order valence-electron chi connectivity index (χ1n) is 6.61. The van der Waals surface area contributed by atoms with Crippen molar-refractivity contribution in [2.75, 3.05) is 6.54 Å². The van der Waals surface area contributed by atoms with Crippen LogP contribution in [-0.2, 0) is 0 Å². The zero-order valence-electron chi connectivity index (χ0n) is 12.2. The van der Waals surface area contributed by atoms with Gasteiger partial charge in [-0.05, 0) is 26.7 Å². The monoisotopic (exact) mass is 269 g/mol. The Bertz CT molecular complexity index is 392. The van der Waals surface area contributed by atoms with E-state index in [0.717, 1.165) is 0 Å². The van der Waals surface area contributed by atoms with E-state index in [4.69, 9.17) is 0 Å². The van der Waals surface area contributed by atoms with Crippen LogP contribution in [0.2, 0.25) is 0 Å². The molecule has 1 heterocycles. The Balaban J connectivity index is 3.22. The van der Waals surface area contributed by atoms with Gasteiger partial charge in [0.05, 0.1) is 4.92 Å². The Hall–Kier alpha value is -1.50. The van der Waals surface area contributed by atoms with Gasteiger partial charge in [-0.1, -0.05) is 13.8 Å². The number of nitrogens with zero attached hydrogens (tertiary/aromatic N) is 3. The van der Waals surface area contributed by atoms with Crippen LogP contribution in [0.4, 0.5) is 0 Å². The second kappa shape index (κ2) is 6.10. The lowest BCUT2D eigenvalue weighted by atomic mass is 10.0. The lowest BCUT2D eigenvalue weighted by molar-refractivity contribution is -0.533. The van der Waals surface area contributed by atoms with Crippen molar-refractivity contribution in [2.45, 2.75) is 52.5 Å². The van der Waals surface area contributed by atoms with E-state index in [1.807, 2.05) is 34.6 Å². The molecule has 0 aliphatic carbocycles. The topological polar surface area (TPSA) is 91.9 Å². The van der Waals surface area contributed by atoms with Crippen LogP contribution in [0.3, 0.4) is 0 Å². The molecule has 108 valence electrons. The number of nitrogens with one attached hydrogen (secondary N) is 2. The number of nitro groups is 1. The highest BCUT2D eigenvalue weighted by atomic mass is 16.6. The molecule has 0 radical (unpaired) electrons. The first kappa shape index (κ1) is 15.6. The lowest BCUT2D eigenvalue weighted by Crippen LogP contribution is -2.68. The molecular weight excluding hydrogens is 246 g/mol. The third-order valence-electron chi connectivity index (χ3n) is 2.81. The molecule has 1 aliphatic heterocycles. The molecule has 7 heteroatoms. The largest absolute Gasteiger partial charge is 0.367 e. The van der Waals surface area contributed by atoms with Crippen molar-refractivity contribution in [2.24, 2.45) is 15.9 Å². The molecule has 2 atom stereocenters. The summed E-state index contributed by atoms with van der Waals surface area (Å²) in [6.07, 6.45) is 1.20. The van der Waals surface area contributed by atoms with Crippen LogP contribution < -0.4 is 10.6 Å². The Kier molecular flexibility index (Phi) is 4.99. The molecule has 0 fully saturated rings. The standard InChI is InChI=1S/C12H23N5O2/c1-6-13-11-12(17(18)19,16-9(4)5)7-14-10(15-11)8(2)3/h7-10,16H,6H2,1-5H3,(H,13,15). The van der Waals surface area contributed by atoms with Gasteiger partial charge in [-0.25, -0.2) is 5.32 Å². The molecule has 1 rings (SSSR count). The smallest absolute Gasteiger partial charge is 0.344 e. The minimum Gasteiger partial charge on any atom is -0.344 e. The van der Waals surface area contributed by atoms with Gasteiger partial charge in [0.2, 0.25) is 0 Å². The van der Waals surface area contributed by atoms with E-state index in [0.29, 0.717) is 12.4 Å². The van der Waals surface area contributed by atoms with Crippen molar-refractivity contribution in [1.29, 1.82) is 0 Å². The molecule has 19 heavy (non-hydrogen) atoms. The number of hydrogen-bond donors (Lipinski definition) is 2. The van der Waals surface area contributed by atoms with Crippen LogP contribution in [0.1, 0.15) is 34.6 Å². The Morgan fingerprint density at radius 2 is 2.21 bits per heavy atom. The third-order valence-corrected chi connectivity index (χ3v) is 2.81. The molecule has 0 saturated heterocycles. The van der Waals surface area contributed by atoms with Crippen molar-refractivity contribution >= 4 is 12.1 Å². The van der Waals surface area contributed by atoms with E-state index in [1.165, 1.54) is 6.21 Å². The molecular formula is C12H23N5O2. The second-order valence-corrected chi connectivity index (χ2v) is 5.26. The molecule has 0 aromatic heterocycles. The Morgan fingerprint density at radius 1 is 1.58 bits per heavy atom. The maximum absolute atomic E-state index is 11.5. The predicted molar refractivity (Wildman–Crippen MR) is 76.2 cm³/mol. The van der Waals surface area contributed by atoms with E-state index in [1.54, 1.807) is 0 Å². The fourth-order valence-electron chi connectivity index (χ4n) is 1.93. The average molecular weight is 269 g/mol. The summed E-state index contributed by atoms with van der Waals surface area (Å²) in [6.45, 7) is 10.1. The Morgan fingerprint density at radius 3 is 2.63 bits per heavy atom. The number of rotatable bonds is 5. The zero-order chi connectivity index (χ0) is 14.6. The molecule has 2 N–H and O–H groups in total. The first-order valence-corrected chi connectivity index (χ1v) is 6.61. The molecule has 0 aromatic rings. The summed E-state index contributed by atoms with van der Waals surface area (Å²) < 4.78 is 0.